The molecular formula is C23H24N2O4S. The van der Waals surface area contributed by atoms with E-state index >= 15 is 0 Å². The first kappa shape index (κ1) is 19.4. The van der Waals surface area contributed by atoms with Crippen LogP contribution in [0.25, 0.3) is 0 Å². The van der Waals surface area contributed by atoms with E-state index in [1.54, 1.807) is 18.3 Å². The van der Waals surface area contributed by atoms with Crippen molar-refractivity contribution in [2.75, 3.05) is 24.6 Å². The molecule has 7 heteroatoms. The van der Waals surface area contributed by atoms with Crippen LogP contribution in [-0.2, 0) is 0 Å². The Hall–Kier alpha value is -2.54. The molecule has 156 valence electrons. The highest BCUT2D eigenvalue weighted by atomic mass is 32.2. The molecule has 1 aromatic heterocycles. The van der Waals surface area contributed by atoms with Gasteiger partial charge in [0.2, 0.25) is 5.88 Å². The molecule has 1 unspecified atom stereocenters. The second kappa shape index (κ2) is 7.95. The lowest BCUT2D eigenvalue weighted by molar-refractivity contribution is -0.00571. The SMILES string of the molecule is O=C1CC2(CCN(C(=O)c3ccc(OC4CCSC4)nc3)CC2)Oc2ccccc21. The van der Waals surface area contributed by atoms with Gasteiger partial charge >= 0.3 is 0 Å². The van der Waals surface area contributed by atoms with E-state index in [4.69, 9.17) is 9.47 Å². The molecule has 0 N–H and O–H groups in total. The number of fused-ring (bicyclic) bond motifs is 1. The van der Waals surface area contributed by atoms with Crippen LogP contribution in [0.15, 0.2) is 42.6 Å². The van der Waals surface area contributed by atoms with E-state index < -0.39 is 5.60 Å². The molecule has 0 aliphatic carbocycles. The fourth-order valence-electron chi connectivity index (χ4n) is 4.38. The number of Topliss-reactive ketones (excluding diaryl/α,β-unsaturated/α-hetero) is 1. The molecule has 6 nitrogen and oxygen atoms in total. The minimum atomic E-state index is -0.503. The van der Waals surface area contributed by atoms with Crippen LogP contribution < -0.4 is 9.47 Å². The third kappa shape index (κ3) is 3.78. The van der Waals surface area contributed by atoms with Crippen molar-refractivity contribution in [2.45, 2.75) is 37.4 Å². The van der Waals surface area contributed by atoms with Crippen LogP contribution in [0.2, 0.25) is 0 Å². The Kier molecular flexibility index (Phi) is 5.15. The highest BCUT2D eigenvalue weighted by Gasteiger charge is 2.43. The number of rotatable bonds is 3. The van der Waals surface area contributed by atoms with Gasteiger partial charge in [0.1, 0.15) is 17.5 Å². The number of aromatic nitrogens is 1. The van der Waals surface area contributed by atoms with E-state index in [1.165, 1.54) is 0 Å². The molecule has 5 rings (SSSR count). The Morgan fingerprint density at radius 3 is 2.77 bits per heavy atom. The lowest BCUT2D eigenvalue weighted by Crippen LogP contribution is -2.52. The van der Waals surface area contributed by atoms with Crippen molar-refractivity contribution in [2.24, 2.45) is 0 Å². The molecule has 0 bridgehead atoms. The highest BCUT2D eigenvalue weighted by molar-refractivity contribution is 7.99. The monoisotopic (exact) mass is 424 g/mol. The van der Waals surface area contributed by atoms with Gasteiger partial charge in [-0.05, 0) is 30.4 Å². The number of piperidine rings is 1. The number of thioether (sulfide) groups is 1. The fourth-order valence-corrected chi connectivity index (χ4v) is 5.47. The first-order valence-electron chi connectivity index (χ1n) is 10.4. The van der Waals surface area contributed by atoms with E-state index in [2.05, 4.69) is 4.98 Å². The van der Waals surface area contributed by atoms with Crippen molar-refractivity contribution in [1.82, 2.24) is 9.88 Å². The Morgan fingerprint density at radius 1 is 1.20 bits per heavy atom. The smallest absolute Gasteiger partial charge is 0.255 e. The van der Waals surface area contributed by atoms with Crippen molar-refractivity contribution in [3.05, 3.63) is 53.7 Å². The zero-order valence-electron chi connectivity index (χ0n) is 16.7. The third-order valence-corrected chi connectivity index (χ3v) is 7.25. The average molecular weight is 425 g/mol. The number of hydrogen-bond acceptors (Lipinski definition) is 6. The van der Waals surface area contributed by atoms with E-state index in [0.29, 0.717) is 55.1 Å². The summed E-state index contributed by atoms with van der Waals surface area (Å²) in [5.74, 6) is 3.43. The summed E-state index contributed by atoms with van der Waals surface area (Å²) in [6.45, 7) is 1.12. The van der Waals surface area contributed by atoms with Gasteiger partial charge in [-0.2, -0.15) is 11.8 Å². The van der Waals surface area contributed by atoms with Crippen LogP contribution in [0.4, 0.5) is 0 Å². The van der Waals surface area contributed by atoms with Gasteiger partial charge in [0.05, 0.1) is 17.5 Å². The Morgan fingerprint density at radius 2 is 2.03 bits per heavy atom. The molecule has 30 heavy (non-hydrogen) atoms. The Balaban J connectivity index is 1.21. The van der Waals surface area contributed by atoms with Crippen LogP contribution >= 0.6 is 11.8 Å². The van der Waals surface area contributed by atoms with Crippen LogP contribution in [-0.4, -0.2) is 57.9 Å². The summed E-state index contributed by atoms with van der Waals surface area (Å²) in [6, 6.07) is 11.0. The van der Waals surface area contributed by atoms with Crippen LogP contribution in [0.1, 0.15) is 46.4 Å². The van der Waals surface area contributed by atoms with E-state index in [9.17, 15) is 9.59 Å². The van der Waals surface area contributed by atoms with Crippen molar-refractivity contribution in [3.8, 4) is 11.6 Å². The topological polar surface area (TPSA) is 68.7 Å². The minimum Gasteiger partial charge on any atom is -0.486 e. The molecule has 2 fully saturated rings. The lowest BCUT2D eigenvalue weighted by atomic mass is 9.82. The van der Waals surface area contributed by atoms with Crippen LogP contribution in [0.5, 0.6) is 11.6 Å². The van der Waals surface area contributed by atoms with Gasteiger partial charge in [0, 0.05) is 43.9 Å². The number of ketones is 1. The lowest BCUT2D eigenvalue weighted by Gasteiger charge is -2.43. The number of pyridine rings is 1. The van der Waals surface area contributed by atoms with Crippen molar-refractivity contribution in [1.29, 1.82) is 0 Å². The number of likely N-dealkylation sites (tertiary alicyclic amines) is 1. The number of hydrogen-bond donors (Lipinski definition) is 0. The highest BCUT2D eigenvalue weighted by Crippen LogP contribution is 2.39. The molecule has 3 aliphatic heterocycles. The molecule has 1 aromatic carbocycles. The summed E-state index contributed by atoms with van der Waals surface area (Å²) in [7, 11) is 0. The van der Waals surface area contributed by atoms with Gasteiger partial charge in [-0.1, -0.05) is 12.1 Å². The quantitative estimate of drug-likeness (QED) is 0.750. The summed E-state index contributed by atoms with van der Waals surface area (Å²) in [6.07, 6.45) is 4.52. The Labute approximate surface area is 180 Å². The number of amides is 1. The average Bonchev–Trinajstić information content (AvgIpc) is 3.27. The number of carbonyl (C=O) groups excluding carboxylic acids is 2. The van der Waals surface area contributed by atoms with Gasteiger partial charge in [0.25, 0.3) is 5.91 Å². The molecular weight excluding hydrogens is 400 g/mol. The van der Waals surface area contributed by atoms with Crippen LogP contribution in [0, 0.1) is 0 Å². The molecule has 3 aliphatic rings. The van der Waals surface area contributed by atoms with Gasteiger partial charge in [-0.3, -0.25) is 9.59 Å². The molecule has 0 radical (unpaired) electrons. The van der Waals surface area contributed by atoms with E-state index in [-0.39, 0.29) is 17.8 Å². The number of benzene rings is 1. The normalized spacial score (nSPS) is 22.5. The third-order valence-electron chi connectivity index (χ3n) is 6.12. The number of carbonyl (C=O) groups is 2. The van der Waals surface area contributed by atoms with Gasteiger partial charge < -0.3 is 14.4 Å². The van der Waals surface area contributed by atoms with Gasteiger partial charge in [-0.15, -0.1) is 0 Å². The first-order valence-corrected chi connectivity index (χ1v) is 11.6. The number of para-hydroxylation sites is 1. The summed E-state index contributed by atoms with van der Waals surface area (Å²) in [4.78, 5) is 31.6. The molecule has 1 amide bonds. The molecule has 0 saturated carbocycles. The summed E-state index contributed by atoms with van der Waals surface area (Å²) in [5.41, 5.74) is 0.716. The van der Waals surface area contributed by atoms with E-state index in [0.717, 1.165) is 17.9 Å². The maximum absolute atomic E-state index is 12.9. The van der Waals surface area contributed by atoms with Gasteiger partial charge in [0.15, 0.2) is 5.78 Å². The predicted octanol–water partition coefficient (Wildman–Crippen LogP) is 3.61. The second-order valence-corrected chi connectivity index (χ2v) is 9.31. The standard InChI is InChI=1S/C23H24N2O4S/c26-19-13-23(29-20-4-2-1-3-18(19)20)8-10-25(11-9-23)22(27)16-5-6-21(24-14-16)28-17-7-12-30-15-17/h1-6,14,17H,7-13,15H2. The molecule has 2 saturated heterocycles. The van der Waals surface area contributed by atoms with Gasteiger partial charge in [-0.25, -0.2) is 4.98 Å². The predicted molar refractivity (Wildman–Crippen MR) is 114 cm³/mol. The minimum absolute atomic E-state index is 0.0390. The maximum Gasteiger partial charge on any atom is 0.255 e. The van der Waals surface area contributed by atoms with Crippen LogP contribution in [0.3, 0.4) is 0 Å². The zero-order valence-corrected chi connectivity index (χ0v) is 17.5. The summed E-state index contributed by atoms with van der Waals surface area (Å²) < 4.78 is 12.1. The molecule has 2 aromatic rings. The fraction of sp³-hybridized carbons (Fsp3) is 0.435. The molecule has 4 heterocycles. The largest absolute Gasteiger partial charge is 0.486 e. The van der Waals surface area contributed by atoms with Crippen molar-refractivity contribution < 1.29 is 19.1 Å². The van der Waals surface area contributed by atoms with E-state index in [1.807, 2.05) is 40.9 Å². The Bertz CT molecular complexity index is 948. The summed E-state index contributed by atoms with van der Waals surface area (Å²) >= 11 is 1.89. The number of ether oxygens (including phenoxy) is 2. The zero-order chi connectivity index (χ0) is 20.6. The second-order valence-electron chi connectivity index (χ2n) is 8.16. The molecule has 1 spiro atoms. The molecule has 1 atom stereocenters. The first-order chi connectivity index (χ1) is 14.6. The van der Waals surface area contributed by atoms with Crippen molar-refractivity contribution >= 4 is 23.5 Å². The number of nitrogens with zero attached hydrogens (tertiary/aromatic N) is 2. The maximum atomic E-state index is 12.9. The summed E-state index contributed by atoms with van der Waals surface area (Å²) in [5, 5.41) is 0. The van der Waals surface area contributed by atoms with Crippen molar-refractivity contribution in [3.63, 3.8) is 0 Å².